The number of nitrogens with zero attached hydrogens (tertiary/aromatic N) is 1. The van der Waals surface area contributed by atoms with E-state index in [0.717, 1.165) is 24.6 Å². The molecule has 2 atom stereocenters. The molecule has 3 N–H and O–H groups in total. The number of hydrogen-bond donors (Lipinski definition) is 3. The molecule has 2 aromatic rings. The topological polar surface area (TPSA) is 73.7 Å². The predicted octanol–water partition coefficient (Wildman–Crippen LogP) is 2.80. The summed E-state index contributed by atoms with van der Waals surface area (Å²) in [4.78, 5) is 11.9. The van der Waals surface area contributed by atoms with Crippen LogP contribution in [-0.2, 0) is 4.79 Å². The smallest absolute Gasteiger partial charge is 0.254 e. The Bertz CT molecular complexity index is 902. The highest BCUT2D eigenvalue weighted by Crippen LogP contribution is 2.40. The van der Waals surface area contributed by atoms with Gasteiger partial charge in [-0.1, -0.05) is 6.07 Å². The molecule has 0 aromatic heterocycles. The van der Waals surface area contributed by atoms with Crippen molar-refractivity contribution >= 4 is 11.6 Å². The third-order valence-corrected chi connectivity index (χ3v) is 4.38. The molecule has 0 saturated heterocycles. The van der Waals surface area contributed by atoms with Crippen molar-refractivity contribution in [3.8, 4) is 5.75 Å². The number of hydrazone groups is 1. The zero-order chi connectivity index (χ0) is 19.6. The molecule has 0 spiro atoms. The van der Waals surface area contributed by atoms with Crippen molar-refractivity contribution in [3.63, 3.8) is 0 Å². The zero-order valence-corrected chi connectivity index (χ0v) is 14.5. The second-order valence-electron chi connectivity index (χ2n) is 6.40. The first-order valence-corrected chi connectivity index (χ1v) is 8.35. The largest absolute Gasteiger partial charge is 0.507 e. The first-order valence-electron chi connectivity index (χ1n) is 8.35. The van der Waals surface area contributed by atoms with Gasteiger partial charge < -0.3 is 10.4 Å². The van der Waals surface area contributed by atoms with Crippen LogP contribution >= 0.6 is 0 Å². The molecule has 8 heteroatoms. The third kappa shape index (κ3) is 4.65. The second-order valence-corrected chi connectivity index (χ2v) is 6.40. The Morgan fingerprint density at radius 1 is 1.19 bits per heavy atom. The fourth-order valence-corrected chi connectivity index (χ4v) is 2.80. The lowest BCUT2D eigenvalue weighted by Gasteiger charge is -2.06. The van der Waals surface area contributed by atoms with Gasteiger partial charge in [-0.25, -0.2) is 18.6 Å². The lowest BCUT2D eigenvalue weighted by molar-refractivity contribution is -0.120. The fourth-order valence-electron chi connectivity index (χ4n) is 2.80. The first kappa shape index (κ1) is 18.9. The SMILES string of the molecule is C/C(=N\NC(=O)CN[C@@H]1C[C@H]1c1ccc(F)c(F)c1)c1cc(F)ccc1O. The Morgan fingerprint density at radius 3 is 2.70 bits per heavy atom. The van der Waals surface area contributed by atoms with E-state index in [-0.39, 0.29) is 35.5 Å². The Hall–Kier alpha value is -2.87. The summed E-state index contributed by atoms with van der Waals surface area (Å²) >= 11 is 0. The fraction of sp³-hybridized carbons (Fsp3) is 0.263. The molecule has 1 fully saturated rings. The van der Waals surface area contributed by atoms with Gasteiger partial charge in [-0.2, -0.15) is 5.10 Å². The zero-order valence-electron chi connectivity index (χ0n) is 14.5. The number of amides is 1. The average molecular weight is 377 g/mol. The van der Waals surface area contributed by atoms with Gasteiger partial charge >= 0.3 is 0 Å². The minimum absolute atomic E-state index is 0.00190. The number of aromatic hydroxyl groups is 1. The van der Waals surface area contributed by atoms with Gasteiger partial charge in [0.25, 0.3) is 5.91 Å². The number of phenolic OH excluding ortho intramolecular Hbond substituents is 1. The van der Waals surface area contributed by atoms with Crippen LogP contribution < -0.4 is 10.7 Å². The summed E-state index contributed by atoms with van der Waals surface area (Å²) in [6.07, 6.45) is 0.720. The molecular formula is C19H18F3N3O2. The molecule has 0 aliphatic heterocycles. The van der Waals surface area contributed by atoms with Gasteiger partial charge in [-0.15, -0.1) is 0 Å². The molecule has 0 unspecified atom stereocenters. The van der Waals surface area contributed by atoms with Crippen molar-refractivity contribution in [1.29, 1.82) is 0 Å². The summed E-state index contributed by atoms with van der Waals surface area (Å²) in [6, 6.07) is 7.23. The highest BCUT2D eigenvalue weighted by molar-refractivity contribution is 6.01. The normalized spacial score (nSPS) is 19.0. The second kappa shape index (κ2) is 7.79. The van der Waals surface area contributed by atoms with Gasteiger partial charge in [0.1, 0.15) is 11.6 Å². The van der Waals surface area contributed by atoms with Gasteiger partial charge in [0.05, 0.1) is 12.3 Å². The van der Waals surface area contributed by atoms with Crippen molar-refractivity contribution in [2.24, 2.45) is 5.10 Å². The number of nitrogens with one attached hydrogen (secondary N) is 2. The Balaban J connectivity index is 1.49. The van der Waals surface area contributed by atoms with Crippen LogP contribution in [0, 0.1) is 17.5 Å². The van der Waals surface area contributed by atoms with Crippen LogP contribution in [0.3, 0.4) is 0 Å². The summed E-state index contributed by atoms with van der Waals surface area (Å²) < 4.78 is 39.5. The van der Waals surface area contributed by atoms with Crippen molar-refractivity contribution in [2.45, 2.75) is 25.3 Å². The minimum atomic E-state index is -0.888. The molecular weight excluding hydrogens is 359 g/mol. The van der Waals surface area contributed by atoms with Gasteiger partial charge in [0.15, 0.2) is 11.6 Å². The van der Waals surface area contributed by atoms with E-state index in [9.17, 15) is 23.1 Å². The summed E-state index contributed by atoms with van der Waals surface area (Å²) in [5, 5.41) is 16.6. The molecule has 3 rings (SSSR count). The van der Waals surface area contributed by atoms with E-state index < -0.39 is 23.4 Å². The molecule has 2 aromatic carbocycles. The minimum Gasteiger partial charge on any atom is -0.507 e. The van der Waals surface area contributed by atoms with E-state index in [1.54, 1.807) is 0 Å². The van der Waals surface area contributed by atoms with Crippen LogP contribution in [-0.4, -0.2) is 29.3 Å². The van der Waals surface area contributed by atoms with E-state index in [1.165, 1.54) is 25.1 Å². The molecule has 0 radical (unpaired) electrons. The van der Waals surface area contributed by atoms with Crippen molar-refractivity contribution in [3.05, 3.63) is 65.0 Å². The first-order chi connectivity index (χ1) is 12.8. The Morgan fingerprint density at radius 2 is 1.96 bits per heavy atom. The monoisotopic (exact) mass is 377 g/mol. The van der Waals surface area contributed by atoms with Crippen LogP contribution in [0.25, 0.3) is 0 Å². The van der Waals surface area contributed by atoms with Crippen LogP contribution in [0.2, 0.25) is 0 Å². The summed E-state index contributed by atoms with van der Waals surface area (Å²) in [7, 11) is 0. The van der Waals surface area contributed by atoms with Crippen LogP contribution in [0.5, 0.6) is 5.75 Å². The maximum Gasteiger partial charge on any atom is 0.254 e. The van der Waals surface area contributed by atoms with Crippen LogP contribution in [0.4, 0.5) is 13.2 Å². The maximum atomic E-state index is 13.3. The van der Waals surface area contributed by atoms with Gasteiger partial charge in [-0.05, 0) is 49.2 Å². The number of benzene rings is 2. The quantitative estimate of drug-likeness (QED) is 0.535. The lowest BCUT2D eigenvalue weighted by atomic mass is 10.1. The van der Waals surface area contributed by atoms with Gasteiger partial charge in [0, 0.05) is 17.5 Å². The molecule has 1 amide bonds. The summed E-state index contributed by atoms with van der Waals surface area (Å²) in [5.74, 6) is -2.83. The maximum absolute atomic E-state index is 13.3. The average Bonchev–Trinajstić information content (AvgIpc) is 3.42. The number of rotatable bonds is 6. The van der Waals surface area contributed by atoms with Gasteiger partial charge in [0.2, 0.25) is 0 Å². The van der Waals surface area contributed by atoms with E-state index >= 15 is 0 Å². The van der Waals surface area contributed by atoms with E-state index in [1.807, 2.05) is 0 Å². The summed E-state index contributed by atoms with van der Waals surface area (Å²) in [6.45, 7) is 1.51. The van der Waals surface area contributed by atoms with Crippen molar-refractivity contribution in [1.82, 2.24) is 10.7 Å². The molecule has 142 valence electrons. The number of phenols is 1. The molecule has 1 aliphatic carbocycles. The standard InChI is InChI=1S/C19H18F3N3O2/c1-10(13-7-12(20)3-5-18(13)26)24-25-19(27)9-23-17-8-14(17)11-2-4-15(21)16(22)6-11/h2-7,14,17,23,26H,8-9H2,1H3,(H,25,27)/b24-10+/t14-,17+/m0/s1. The van der Waals surface area contributed by atoms with E-state index in [4.69, 9.17) is 0 Å². The lowest BCUT2D eigenvalue weighted by Crippen LogP contribution is -2.33. The molecule has 1 aliphatic rings. The number of halogens is 3. The van der Waals surface area contributed by atoms with Crippen molar-refractivity contribution in [2.75, 3.05) is 6.54 Å². The highest BCUT2D eigenvalue weighted by atomic mass is 19.2. The molecule has 27 heavy (non-hydrogen) atoms. The highest BCUT2D eigenvalue weighted by Gasteiger charge is 2.38. The Labute approximate surface area is 153 Å². The number of carbonyl (C=O) groups is 1. The molecule has 1 saturated carbocycles. The molecule has 5 nitrogen and oxygen atoms in total. The van der Waals surface area contributed by atoms with Crippen molar-refractivity contribution < 1.29 is 23.1 Å². The summed E-state index contributed by atoms with van der Waals surface area (Å²) in [5.41, 5.74) is 3.45. The number of carbonyl (C=O) groups excluding carboxylic acids is 1. The number of hydrogen-bond acceptors (Lipinski definition) is 4. The van der Waals surface area contributed by atoms with E-state index in [0.29, 0.717) is 5.56 Å². The third-order valence-electron chi connectivity index (χ3n) is 4.38. The predicted molar refractivity (Wildman–Crippen MR) is 93.9 cm³/mol. The van der Waals surface area contributed by atoms with Crippen LogP contribution in [0.15, 0.2) is 41.5 Å². The molecule has 0 bridgehead atoms. The molecule has 0 heterocycles. The Kier molecular flexibility index (Phi) is 5.46. The van der Waals surface area contributed by atoms with Crippen LogP contribution in [0.1, 0.15) is 30.4 Å². The van der Waals surface area contributed by atoms with Gasteiger partial charge in [-0.3, -0.25) is 4.79 Å². The van der Waals surface area contributed by atoms with E-state index in [2.05, 4.69) is 15.8 Å².